The number of hydrogen-bond donors (Lipinski definition) is 2. The fourth-order valence-corrected chi connectivity index (χ4v) is 9.49. The third-order valence-corrected chi connectivity index (χ3v) is 11.5. The van der Waals surface area contributed by atoms with Crippen LogP contribution in [0.25, 0.3) is 0 Å². The minimum absolute atomic E-state index is 0.0534. The van der Waals surface area contributed by atoms with E-state index in [0.29, 0.717) is 22.9 Å². The molecule has 4 aliphatic rings. The summed E-state index contributed by atoms with van der Waals surface area (Å²) in [6.45, 7) is 7.54. The second kappa shape index (κ2) is 8.92. The molecule has 0 heterocycles. The third-order valence-electron chi connectivity index (χ3n) is 11.5. The standard InChI is InChI=1S/C30H46N2O2/c1-19(32(4)5)23-13-14-24-22-12-11-21-17-26(31-28(34)20-9-7-6-8-10-20)27(33)18-30(21,3)25(22)15-16-29(23,24)2/h6-10,19,21-27,33H,11-18H2,1-5H3,(H,31,34)/t19-,21-,22-,23+,24-,25-,26+,27-,29+,30-/m0/s1. The van der Waals surface area contributed by atoms with Gasteiger partial charge in [0.2, 0.25) is 0 Å². The van der Waals surface area contributed by atoms with Crippen molar-refractivity contribution in [3.05, 3.63) is 35.9 Å². The van der Waals surface area contributed by atoms with Crippen molar-refractivity contribution in [2.45, 2.75) is 90.3 Å². The molecule has 0 saturated heterocycles. The normalized spacial score (nSPS) is 44.6. The summed E-state index contributed by atoms with van der Waals surface area (Å²) >= 11 is 0. The van der Waals surface area contributed by atoms with Gasteiger partial charge in [-0.15, -0.1) is 0 Å². The molecule has 4 saturated carbocycles. The molecule has 0 unspecified atom stereocenters. The second-order valence-electron chi connectivity index (χ2n) is 13.0. The van der Waals surface area contributed by atoms with Crippen LogP contribution in [0.1, 0.15) is 82.5 Å². The van der Waals surface area contributed by atoms with Gasteiger partial charge in [-0.3, -0.25) is 4.79 Å². The van der Waals surface area contributed by atoms with Crippen molar-refractivity contribution in [1.82, 2.24) is 10.2 Å². The van der Waals surface area contributed by atoms with Crippen LogP contribution in [0.5, 0.6) is 0 Å². The first-order valence-electron chi connectivity index (χ1n) is 13.9. The summed E-state index contributed by atoms with van der Waals surface area (Å²) in [5.74, 6) is 3.71. The highest BCUT2D eigenvalue weighted by Gasteiger charge is 2.61. The topological polar surface area (TPSA) is 52.6 Å². The molecule has 0 aromatic heterocycles. The zero-order valence-corrected chi connectivity index (χ0v) is 22.0. The van der Waals surface area contributed by atoms with E-state index in [-0.39, 0.29) is 17.4 Å². The highest BCUT2D eigenvalue weighted by molar-refractivity contribution is 5.94. The number of nitrogens with zero attached hydrogens (tertiary/aromatic N) is 1. The number of carbonyl (C=O) groups is 1. The van der Waals surface area contributed by atoms with Gasteiger partial charge in [-0.05, 0) is 125 Å². The molecule has 0 aliphatic heterocycles. The predicted octanol–water partition coefficient (Wildman–Crippen LogP) is 5.36. The number of fused-ring (bicyclic) bond motifs is 5. The minimum atomic E-state index is -0.453. The summed E-state index contributed by atoms with van der Waals surface area (Å²) in [7, 11) is 4.49. The van der Waals surface area contributed by atoms with Crippen LogP contribution in [-0.4, -0.2) is 48.2 Å². The van der Waals surface area contributed by atoms with E-state index in [1.54, 1.807) is 0 Å². The van der Waals surface area contributed by atoms with Gasteiger partial charge in [0.1, 0.15) is 0 Å². The highest BCUT2D eigenvalue weighted by Crippen LogP contribution is 2.67. The Kier molecular flexibility index (Phi) is 6.38. The van der Waals surface area contributed by atoms with Crippen LogP contribution in [-0.2, 0) is 0 Å². The van der Waals surface area contributed by atoms with Gasteiger partial charge < -0.3 is 15.3 Å². The fraction of sp³-hybridized carbons (Fsp3) is 0.767. The van der Waals surface area contributed by atoms with Gasteiger partial charge in [0.25, 0.3) is 5.91 Å². The van der Waals surface area contributed by atoms with Crippen LogP contribution in [0.15, 0.2) is 30.3 Å². The maximum absolute atomic E-state index is 12.8. The van der Waals surface area contributed by atoms with Gasteiger partial charge in [0.15, 0.2) is 0 Å². The summed E-state index contributed by atoms with van der Waals surface area (Å²) in [6, 6.07) is 9.94. The third kappa shape index (κ3) is 3.84. The minimum Gasteiger partial charge on any atom is -0.391 e. The van der Waals surface area contributed by atoms with Gasteiger partial charge in [0.05, 0.1) is 12.1 Å². The Morgan fingerprint density at radius 1 is 1.03 bits per heavy atom. The zero-order valence-electron chi connectivity index (χ0n) is 22.0. The SMILES string of the molecule is C[C@@H]([C@H]1CC[C@H]2[C@@H]3CC[C@H]4C[C@@H](NC(=O)c5ccccc5)[C@@H](O)C[C@]4(C)[C@H]3CC[C@]12C)N(C)C. The first-order valence-corrected chi connectivity index (χ1v) is 13.9. The quantitative estimate of drug-likeness (QED) is 0.628. The van der Waals surface area contributed by atoms with Crippen LogP contribution < -0.4 is 5.32 Å². The molecule has 4 fully saturated rings. The summed E-state index contributed by atoms with van der Waals surface area (Å²) in [5, 5.41) is 14.4. The Hall–Kier alpha value is -1.39. The van der Waals surface area contributed by atoms with E-state index in [2.05, 4.69) is 45.1 Å². The second-order valence-corrected chi connectivity index (χ2v) is 13.0. The Bertz CT molecular complexity index is 887. The maximum Gasteiger partial charge on any atom is 0.251 e. The zero-order chi connectivity index (χ0) is 24.3. The van der Waals surface area contributed by atoms with Crippen molar-refractivity contribution in [2.24, 2.45) is 40.4 Å². The van der Waals surface area contributed by atoms with Crippen LogP contribution in [0, 0.1) is 40.4 Å². The lowest BCUT2D eigenvalue weighted by Gasteiger charge is -2.62. The Labute approximate surface area is 206 Å². The van der Waals surface area contributed by atoms with E-state index in [0.717, 1.165) is 36.5 Å². The predicted molar refractivity (Wildman–Crippen MR) is 137 cm³/mol. The van der Waals surface area contributed by atoms with E-state index >= 15 is 0 Å². The molecule has 5 rings (SSSR count). The smallest absolute Gasteiger partial charge is 0.251 e. The van der Waals surface area contributed by atoms with E-state index in [1.807, 2.05) is 30.3 Å². The van der Waals surface area contributed by atoms with Crippen molar-refractivity contribution < 1.29 is 9.90 Å². The van der Waals surface area contributed by atoms with Gasteiger partial charge in [-0.25, -0.2) is 0 Å². The number of rotatable bonds is 4. The van der Waals surface area contributed by atoms with E-state index in [1.165, 1.54) is 38.5 Å². The molecular formula is C30H46N2O2. The Balaban J connectivity index is 1.31. The molecule has 2 N–H and O–H groups in total. The fourth-order valence-electron chi connectivity index (χ4n) is 9.49. The molecule has 1 aromatic rings. The van der Waals surface area contributed by atoms with Gasteiger partial charge in [-0.1, -0.05) is 32.0 Å². The summed E-state index contributed by atoms with van der Waals surface area (Å²) in [6.07, 6.45) is 9.31. The molecule has 4 nitrogen and oxygen atoms in total. The van der Waals surface area contributed by atoms with Gasteiger partial charge in [0, 0.05) is 11.6 Å². The molecule has 188 valence electrons. The van der Waals surface area contributed by atoms with Crippen molar-refractivity contribution >= 4 is 5.91 Å². The largest absolute Gasteiger partial charge is 0.391 e. The van der Waals surface area contributed by atoms with E-state index in [4.69, 9.17) is 0 Å². The summed E-state index contributed by atoms with van der Waals surface area (Å²) in [5.41, 5.74) is 1.34. The Morgan fingerprint density at radius 3 is 2.44 bits per heavy atom. The van der Waals surface area contributed by atoms with Crippen LogP contribution in [0.2, 0.25) is 0 Å². The van der Waals surface area contributed by atoms with Gasteiger partial charge in [-0.2, -0.15) is 0 Å². The molecule has 4 heteroatoms. The molecular weight excluding hydrogens is 420 g/mol. The number of carbonyl (C=O) groups excluding carboxylic acids is 1. The first kappa shape index (κ1) is 24.3. The maximum atomic E-state index is 12.8. The molecule has 1 aromatic carbocycles. The summed E-state index contributed by atoms with van der Waals surface area (Å²) < 4.78 is 0. The lowest BCUT2D eigenvalue weighted by molar-refractivity contribution is -0.139. The molecule has 0 bridgehead atoms. The number of hydrogen-bond acceptors (Lipinski definition) is 3. The van der Waals surface area contributed by atoms with Crippen molar-refractivity contribution in [3.63, 3.8) is 0 Å². The van der Waals surface area contributed by atoms with Gasteiger partial charge >= 0.3 is 0 Å². The van der Waals surface area contributed by atoms with E-state index < -0.39 is 6.10 Å². The van der Waals surface area contributed by atoms with Crippen LogP contribution >= 0.6 is 0 Å². The number of aliphatic hydroxyl groups excluding tert-OH is 1. The monoisotopic (exact) mass is 466 g/mol. The number of aliphatic hydroxyl groups is 1. The lowest BCUT2D eigenvalue weighted by Crippen LogP contribution is -2.59. The highest BCUT2D eigenvalue weighted by atomic mass is 16.3. The lowest BCUT2D eigenvalue weighted by atomic mass is 9.44. The van der Waals surface area contributed by atoms with Crippen molar-refractivity contribution in [3.8, 4) is 0 Å². The number of nitrogens with one attached hydrogen (secondary N) is 1. The molecule has 0 spiro atoms. The molecule has 0 radical (unpaired) electrons. The van der Waals surface area contributed by atoms with Crippen molar-refractivity contribution in [2.75, 3.05) is 14.1 Å². The first-order chi connectivity index (χ1) is 16.1. The summed E-state index contributed by atoms with van der Waals surface area (Å²) in [4.78, 5) is 15.2. The molecule has 1 amide bonds. The number of amides is 1. The number of benzene rings is 1. The van der Waals surface area contributed by atoms with Crippen LogP contribution in [0.3, 0.4) is 0 Å². The molecule has 4 aliphatic carbocycles. The molecule has 34 heavy (non-hydrogen) atoms. The van der Waals surface area contributed by atoms with E-state index in [9.17, 15) is 9.90 Å². The molecule has 10 atom stereocenters. The Morgan fingerprint density at radius 2 is 1.74 bits per heavy atom. The van der Waals surface area contributed by atoms with Crippen LogP contribution in [0.4, 0.5) is 0 Å². The average Bonchev–Trinajstić information content (AvgIpc) is 3.16. The van der Waals surface area contributed by atoms with Crippen molar-refractivity contribution in [1.29, 1.82) is 0 Å². The average molecular weight is 467 g/mol.